The molecule has 0 aromatic heterocycles. The van der Waals surface area contributed by atoms with E-state index in [1.165, 1.54) is 0 Å². The van der Waals surface area contributed by atoms with Crippen LogP contribution >= 0.6 is 0 Å². The van der Waals surface area contributed by atoms with Crippen molar-refractivity contribution in [3.8, 4) is 11.5 Å². The lowest BCUT2D eigenvalue weighted by Gasteiger charge is -2.18. The zero-order valence-electron chi connectivity index (χ0n) is 15.2. The second kappa shape index (κ2) is 9.82. The number of hydrogen-bond acceptors (Lipinski definition) is 4. The van der Waals surface area contributed by atoms with Crippen LogP contribution in [0.25, 0.3) is 0 Å². The molecule has 0 aliphatic rings. The largest absolute Gasteiger partial charge is 0.493 e. The molecule has 26 heavy (non-hydrogen) atoms. The molecule has 0 radical (unpaired) electrons. The topological polar surface area (TPSA) is 76.0 Å². The molecule has 0 amide bonds. The van der Waals surface area contributed by atoms with E-state index in [-0.39, 0.29) is 6.42 Å². The van der Waals surface area contributed by atoms with Crippen LogP contribution in [0, 0.1) is 5.92 Å². The molecule has 0 saturated carbocycles. The lowest BCUT2D eigenvalue weighted by Crippen LogP contribution is -2.23. The van der Waals surface area contributed by atoms with E-state index in [1.807, 2.05) is 36.4 Å². The van der Waals surface area contributed by atoms with E-state index in [2.05, 4.69) is 0 Å². The Balaban J connectivity index is 1.96. The Morgan fingerprint density at radius 2 is 1.69 bits per heavy atom. The van der Waals surface area contributed by atoms with Crippen molar-refractivity contribution in [2.45, 2.75) is 31.8 Å². The van der Waals surface area contributed by atoms with Gasteiger partial charge < -0.3 is 19.7 Å². The SMILES string of the molecule is COc1ccc(C[C@H](C[C@@H](O)CCc2ccccc2)C(=O)O)cc1OC. The third-order valence-electron chi connectivity index (χ3n) is 4.44. The van der Waals surface area contributed by atoms with Crippen LogP contribution in [-0.2, 0) is 17.6 Å². The monoisotopic (exact) mass is 358 g/mol. The van der Waals surface area contributed by atoms with Gasteiger partial charge in [0, 0.05) is 0 Å². The van der Waals surface area contributed by atoms with Crippen molar-refractivity contribution in [2.24, 2.45) is 5.92 Å². The molecule has 0 bridgehead atoms. The highest BCUT2D eigenvalue weighted by Crippen LogP contribution is 2.29. The van der Waals surface area contributed by atoms with Crippen molar-refractivity contribution < 1.29 is 24.5 Å². The van der Waals surface area contributed by atoms with E-state index in [4.69, 9.17) is 9.47 Å². The van der Waals surface area contributed by atoms with Crippen molar-refractivity contribution >= 4 is 5.97 Å². The number of carboxylic acids is 1. The van der Waals surface area contributed by atoms with Gasteiger partial charge in [-0.05, 0) is 48.9 Å². The highest BCUT2D eigenvalue weighted by atomic mass is 16.5. The van der Waals surface area contributed by atoms with Gasteiger partial charge in [-0.15, -0.1) is 0 Å². The van der Waals surface area contributed by atoms with Gasteiger partial charge >= 0.3 is 5.97 Å². The first-order chi connectivity index (χ1) is 12.5. The van der Waals surface area contributed by atoms with Crippen LogP contribution in [0.3, 0.4) is 0 Å². The standard InChI is InChI=1S/C21H26O5/c1-25-19-11-9-16(13-20(19)26-2)12-17(21(23)24)14-18(22)10-8-15-6-4-3-5-7-15/h3-7,9,11,13,17-18,22H,8,10,12,14H2,1-2H3,(H,23,24)/t17-,18+/m1/s1. The zero-order chi connectivity index (χ0) is 18.9. The Morgan fingerprint density at radius 3 is 2.31 bits per heavy atom. The number of benzene rings is 2. The molecule has 0 fully saturated rings. The first kappa shape index (κ1) is 19.8. The number of aliphatic hydroxyl groups excluding tert-OH is 1. The van der Waals surface area contributed by atoms with E-state index < -0.39 is 18.0 Å². The van der Waals surface area contributed by atoms with E-state index in [1.54, 1.807) is 26.4 Å². The number of hydrogen-bond donors (Lipinski definition) is 2. The quantitative estimate of drug-likeness (QED) is 0.681. The predicted molar refractivity (Wildman–Crippen MR) is 99.8 cm³/mol. The first-order valence-corrected chi connectivity index (χ1v) is 8.69. The smallest absolute Gasteiger partial charge is 0.306 e. The summed E-state index contributed by atoms with van der Waals surface area (Å²) in [5.74, 6) is -0.387. The molecule has 2 atom stereocenters. The Kier molecular flexibility index (Phi) is 7.48. The molecule has 2 N–H and O–H groups in total. The van der Waals surface area contributed by atoms with Crippen LogP contribution in [-0.4, -0.2) is 36.5 Å². The van der Waals surface area contributed by atoms with E-state index in [9.17, 15) is 15.0 Å². The predicted octanol–water partition coefficient (Wildman–Crippen LogP) is 3.33. The minimum absolute atomic E-state index is 0.219. The van der Waals surface area contributed by atoms with Crippen LogP contribution in [0.5, 0.6) is 11.5 Å². The molecule has 0 saturated heterocycles. The fraction of sp³-hybridized carbons (Fsp3) is 0.381. The van der Waals surface area contributed by atoms with Crippen molar-refractivity contribution in [1.82, 2.24) is 0 Å². The minimum Gasteiger partial charge on any atom is -0.493 e. The van der Waals surface area contributed by atoms with Crippen molar-refractivity contribution in [2.75, 3.05) is 14.2 Å². The molecule has 2 rings (SSSR count). The summed E-state index contributed by atoms with van der Waals surface area (Å²) in [6.07, 6.45) is 1.16. The third kappa shape index (κ3) is 5.77. The number of aliphatic hydroxyl groups is 1. The normalized spacial score (nSPS) is 13.0. The number of rotatable bonds is 10. The molecule has 5 nitrogen and oxygen atoms in total. The molecule has 0 unspecified atom stereocenters. The molecule has 0 aliphatic carbocycles. The summed E-state index contributed by atoms with van der Waals surface area (Å²) in [4.78, 5) is 11.6. The fourth-order valence-electron chi connectivity index (χ4n) is 2.99. The summed E-state index contributed by atoms with van der Waals surface area (Å²) >= 11 is 0. The second-order valence-electron chi connectivity index (χ2n) is 6.34. The number of aliphatic carboxylic acids is 1. The van der Waals surface area contributed by atoms with Gasteiger partial charge in [-0.2, -0.15) is 0 Å². The highest BCUT2D eigenvalue weighted by molar-refractivity contribution is 5.70. The number of aryl methyl sites for hydroxylation is 1. The average molecular weight is 358 g/mol. The van der Waals surface area contributed by atoms with Crippen LogP contribution in [0.4, 0.5) is 0 Å². The van der Waals surface area contributed by atoms with Crippen molar-refractivity contribution in [1.29, 1.82) is 0 Å². The molecular weight excluding hydrogens is 332 g/mol. The van der Waals surface area contributed by atoms with Crippen LogP contribution in [0.1, 0.15) is 24.0 Å². The Bertz CT molecular complexity index is 699. The summed E-state index contributed by atoms with van der Waals surface area (Å²) in [7, 11) is 3.10. The summed E-state index contributed by atoms with van der Waals surface area (Å²) in [5, 5.41) is 19.8. The molecule has 2 aromatic carbocycles. The molecular formula is C21H26O5. The maximum Gasteiger partial charge on any atom is 0.306 e. The average Bonchev–Trinajstić information content (AvgIpc) is 2.66. The zero-order valence-corrected chi connectivity index (χ0v) is 15.2. The first-order valence-electron chi connectivity index (χ1n) is 8.69. The van der Waals surface area contributed by atoms with Gasteiger partial charge in [0.25, 0.3) is 0 Å². The minimum atomic E-state index is -0.904. The summed E-state index contributed by atoms with van der Waals surface area (Å²) in [6.45, 7) is 0. The van der Waals surface area contributed by atoms with Gasteiger partial charge in [0.1, 0.15) is 0 Å². The van der Waals surface area contributed by atoms with Gasteiger partial charge in [0.15, 0.2) is 11.5 Å². The molecule has 0 aliphatic heterocycles. The lowest BCUT2D eigenvalue weighted by molar-refractivity contribution is -0.142. The Morgan fingerprint density at radius 1 is 1.00 bits per heavy atom. The maximum absolute atomic E-state index is 11.6. The van der Waals surface area contributed by atoms with E-state index >= 15 is 0 Å². The second-order valence-corrected chi connectivity index (χ2v) is 6.34. The third-order valence-corrected chi connectivity index (χ3v) is 4.44. The molecule has 2 aromatic rings. The summed E-state index contributed by atoms with van der Waals surface area (Å²) in [5.41, 5.74) is 1.98. The molecule has 0 spiro atoms. The summed E-state index contributed by atoms with van der Waals surface area (Å²) in [6, 6.07) is 15.2. The Hall–Kier alpha value is -2.53. The Labute approximate surface area is 154 Å². The lowest BCUT2D eigenvalue weighted by atomic mass is 9.91. The van der Waals surface area contributed by atoms with Gasteiger partial charge in [0.2, 0.25) is 0 Å². The van der Waals surface area contributed by atoms with Crippen LogP contribution in [0.15, 0.2) is 48.5 Å². The number of carbonyl (C=O) groups is 1. The fourth-order valence-corrected chi connectivity index (χ4v) is 2.99. The van der Waals surface area contributed by atoms with Gasteiger partial charge in [0.05, 0.1) is 26.2 Å². The number of ether oxygens (including phenoxy) is 2. The van der Waals surface area contributed by atoms with E-state index in [0.29, 0.717) is 24.3 Å². The van der Waals surface area contributed by atoms with Crippen LogP contribution < -0.4 is 9.47 Å². The summed E-state index contributed by atoms with van der Waals surface area (Å²) < 4.78 is 10.5. The van der Waals surface area contributed by atoms with Gasteiger partial charge in [-0.1, -0.05) is 36.4 Å². The molecule has 5 heteroatoms. The van der Waals surface area contributed by atoms with Gasteiger partial charge in [-0.3, -0.25) is 4.79 Å². The van der Waals surface area contributed by atoms with Crippen molar-refractivity contribution in [3.05, 3.63) is 59.7 Å². The number of methoxy groups -OCH3 is 2. The maximum atomic E-state index is 11.6. The molecule has 0 heterocycles. The molecule has 140 valence electrons. The van der Waals surface area contributed by atoms with Crippen LogP contribution in [0.2, 0.25) is 0 Å². The van der Waals surface area contributed by atoms with Crippen molar-refractivity contribution in [3.63, 3.8) is 0 Å². The highest BCUT2D eigenvalue weighted by Gasteiger charge is 2.22. The van der Waals surface area contributed by atoms with E-state index in [0.717, 1.165) is 17.5 Å². The number of carboxylic acid groups (broad SMARTS) is 1. The van der Waals surface area contributed by atoms with Gasteiger partial charge in [-0.25, -0.2) is 0 Å².